The van der Waals surface area contributed by atoms with Crippen molar-refractivity contribution >= 4 is 11.8 Å². The lowest BCUT2D eigenvalue weighted by Crippen LogP contribution is -2.64. The Bertz CT molecular complexity index is 333. The zero-order chi connectivity index (χ0) is 14.0. The molecule has 18 heavy (non-hydrogen) atoms. The number of piperazine rings is 1. The Morgan fingerprint density at radius 1 is 1.17 bits per heavy atom. The molecule has 0 aromatic heterocycles. The minimum Gasteiger partial charge on any atom is -0.368 e. The van der Waals surface area contributed by atoms with Crippen molar-refractivity contribution < 1.29 is 9.59 Å². The molecule has 6 heteroatoms. The van der Waals surface area contributed by atoms with E-state index in [1.54, 1.807) is 13.8 Å². The van der Waals surface area contributed by atoms with Gasteiger partial charge in [-0.25, -0.2) is 0 Å². The Hall–Kier alpha value is -1.14. The number of hydrogen-bond donors (Lipinski definition) is 3. The predicted molar refractivity (Wildman–Crippen MR) is 69.9 cm³/mol. The van der Waals surface area contributed by atoms with Crippen molar-refractivity contribution in [3.63, 3.8) is 0 Å². The molecular formula is C12H24N4O2. The van der Waals surface area contributed by atoms with Crippen LogP contribution in [0.1, 0.15) is 27.7 Å². The van der Waals surface area contributed by atoms with Crippen LogP contribution in [0.2, 0.25) is 0 Å². The van der Waals surface area contributed by atoms with Gasteiger partial charge in [0.25, 0.3) is 0 Å². The Balaban J connectivity index is 2.72. The third kappa shape index (κ3) is 3.20. The summed E-state index contributed by atoms with van der Waals surface area (Å²) in [6.45, 7) is 10.3. The van der Waals surface area contributed by atoms with Crippen LogP contribution in [-0.2, 0) is 9.59 Å². The lowest BCUT2D eigenvalue weighted by Gasteiger charge is -2.41. The van der Waals surface area contributed by atoms with E-state index in [1.807, 2.05) is 13.8 Å². The van der Waals surface area contributed by atoms with Crippen LogP contribution in [0.25, 0.3) is 0 Å². The van der Waals surface area contributed by atoms with Crippen LogP contribution in [0, 0.1) is 0 Å². The number of rotatable bonds is 4. The van der Waals surface area contributed by atoms with Crippen molar-refractivity contribution in [1.82, 2.24) is 15.5 Å². The molecule has 104 valence electrons. The average molecular weight is 256 g/mol. The molecule has 0 aliphatic carbocycles. The lowest BCUT2D eigenvalue weighted by molar-refractivity contribution is -0.137. The maximum absolute atomic E-state index is 12.3. The van der Waals surface area contributed by atoms with Crippen molar-refractivity contribution in [3.05, 3.63) is 0 Å². The Labute approximate surface area is 108 Å². The van der Waals surface area contributed by atoms with Crippen LogP contribution >= 0.6 is 0 Å². The second kappa shape index (κ2) is 5.24. The summed E-state index contributed by atoms with van der Waals surface area (Å²) in [5.74, 6) is -0.708. The number of carbonyl (C=O) groups is 2. The fraction of sp³-hybridized carbons (Fsp3) is 0.833. The first kappa shape index (κ1) is 14.9. The summed E-state index contributed by atoms with van der Waals surface area (Å²) in [5, 5.41) is 5.96. The second-order valence-electron chi connectivity index (χ2n) is 5.74. The highest BCUT2D eigenvalue weighted by Gasteiger charge is 2.39. The van der Waals surface area contributed by atoms with E-state index in [1.165, 1.54) is 0 Å². The van der Waals surface area contributed by atoms with Crippen LogP contribution in [-0.4, -0.2) is 54.0 Å². The van der Waals surface area contributed by atoms with Gasteiger partial charge >= 0.3 is 0 Å². The summed E-state index contributed by atoms with van der Waals surface area (Å²) in [5.41, 5.74) is 3.59. The smallest absolute Gasteiger partial charge is 0.242 e. The number of nitrogens with zero attached hydrogens (tertiary/aromatic N) is 1. The predicted octanol–water partition coefficient (Wildman–Crippen LogP) is -0.950. The minimum absolute atomic E-state index is 0.173. The maximum atomic E-state index is 12.3. The summed E-state index contributed by atoms with van der Waals surface area (Å²) in [7, 11) is 0. The van der Waals surface area contributed by atoms with Crippen molar-refractivity contribution in [1.29, 1.82) is 0 Å². The van der Waals surface area contributed by atoms with E-state index in [9.17, 15) is 9.59 Å². The summed E-state index contributed by atoms with van der Waals surface area (Å²) < 4.78 is 0. The molecule has 1 heterocycles. The largest absolute Gasteiger partial charge is 0.368 e. The zero-order valence-electron chi connectivity index (χ0n) is 11.7. The molecule has 1 fully saturated rings. The van der Waals surface area contributed by atoms with Gasteiger partial charge in [0, 0.05) is 26.2 Å². The van der Waals surface area contributed by atoms with Gasteiger partial charge in [0.15, 0.2) is 0 Å². The Kier molecular flexibility index (Phi) is 4.34. The molecule has 1 aliphatic heterocycles. The van der Waals surface area contributed by atoms with E-state index in [4.69, 9.17) is 5.73 Å². The van der Waals surface area contributed by atoms with E-state index in [0.29, 0.717) is 0 Å². The highest BCUT2D eigenvalue weighted by molar-refractivity contribution is 5.93. The van der Waals surface area contributed by atoms with E-state index in [0.717, 1.165) is 26.2 Å². The summed E-state index contributed by atoms with van der Waals surface area (Å²) in [4.78, 5) is 25.7. The summed E-state index contributed by atoms with van der Waals surface area (Å²) in [6.07, 6.45) is 0. The molecule has 1 saturated heterocycles. The normalized spacial score (nSPS) is 18.4. The Morgan fingerprint density at radius 3 is 2.11 bits per heavy atom. The SMILES string of the molecule is CC(C)(NC(=O)C(C)(C)N1CCNCC1)C(N)=O. The molecule has 0 bridgehead atoms. The topological polar surface area (TPSA) is 87.5 Å². The third-order valence-electron chi connectivity index (χ3n) is 3.51. The number of amides is 2. The molecule has 0 saturated carbocycles. The number of carbonyl (C=O) groups excluding carboxylic acids is 2. The molecular weight excluding hydrogens is 232 g/mol. The van der Waals surface area contributed by atoms with Crippen LogP contribution in [0.15, 0.2) is 0 Å². The third-order valence-corrected chi connectivity index (χ3v) is 3.51. The van der Waals surface area contributed by atoms with Crippen molar-refractivity contribution in [2.45, 2.75) is 38.8 Å². The lowest BCUT2D eigenvalue weighted by atomic mass is 9.97. The first-order valence-electron chi connectivity index (χ1n) is 6.26. The Morgan fingerprint density at radius 2 is 1.67 bits per heavy atom. The summed E-state index contributed by atoms with van der Waals surface area (Å²) >= 11 is 0. The standard InChI is InChI=1S/C12H24N4O2/c1-11(2,9(13)17)15-10(18)12(3,4)16-7-5-14-6-8-16/h14H,5-8H2,1-4H3,(H2,13,17)(H,15,18). The molecule has 2 amide bonds. The molecule has 0 unspecified atom stereocenters. The van der Waals surface area contributed by atoms with Crippen molar-refractivity contribution in [3.8, 4) is 0 Å². The minimum atomic E-state index is -1.03. The molecule has 0 radical (unpaired) electrons. The molecule has 1 rings (SSSR count). The molecule has 4 N–H and O–H groups in total. The maximum Gasteiger partial charge on any atom is 0.242 e. The quantitative estimate of drug-likeness (QED) is 0.605. The molecule has 0 atom stereocenters. The monoisotopic (exact) mass is 256 g/mol. The van der Waals surface area contributed by atoms with Crippen molar-refractivity contribution in [2.24, 2.45) is 5.73 Å². The highest BCUT2D eigenvalue weighted by atomic mass is 16.2. The number of nitrogens with one attached hydrogen (secondary N) is 2. The molecule has 6 nitrogen and oxygen atoms in total. The number of hydrogen-bond acceptors (Lipinski definition) is 4. The molecule has 0 aromatic carbocycles. The van der Waals surface area contributed by atoms with Gasteiger partial charge in [0.05, 0.1) is 5.54 Å². The van der Waals surface area contributed by atoms with Gasteiger partial charge in [-0.15, -0.1) is 0 Å². The van der Waals surface area contributed by atoms with E-state index >= 15 is 0 Å². The highest BCUT2D eigenvalue weighted by Crippen LogP contribution is 2.16. The molecule has 0 spiro atoms. The van der Waals surface area contributed by atoms with E-state index in [2.05, 4.69) is 15.5 Å². The van der Waals surface area contributed by atoms with Gasteiger partial charge in [-0.1, -0.05) is 0 Å². The van der Waals surface area contributed by atoms with Crippen molar-refractivity contribution in [2.75, 3.05) is 26.2 Å². The van der Waals surface area contributed by atoms with Crippen LogP contribution in [0.5, 0.6) is 0 Å². The van der Waals surface area contributed by atoms with Gasteiger partial charge in [-0.2, -0.15) is 0 Å². The number of primary amides is 1. The van der Waals surface area contributed by atoms with Gasteiger partial charge in [-0.3, -0.25) is 14.5 Å². The van der Waals surface area contributed by atoms with Crippen LogP contribution in [0.4, 0.5) is 0 Å². The fourth-order valence-electron chi connectivity index (χ4n) is 1.87. The van der Waals surface area contributed by atoms with Crippen LogP contribution in [0.3, 0.4) is 0 Å². The van der Waals surface area contributed by atoms with Gasteiger partial charge in [0.2, 0.25) is 11.8 Å². The zero-order valence-corrected chi connectivity index (χ0v) is 11.7. The second-order valence-corrected chi connectivity index (χ2v) is 5.74. The molecule has 0 aromatic rings. The number of nitrogens with two attached hydrogens (primary N) is 1. The van der Waals surface area contributed by atoms with Gasteiger partial charge in [-0.05, 0) is 27.7 Å². The van der Waals surface area contributed by atoms with E-state index in [-0.39, 0.29) is 5.91 Å². The van der Waals surface area contributed by atoms with E-state index < -0.39 is 17.0 Å². The summed E-state index contributed by atoms with van der Waals surface area (Å²) in [6, 6.07) is 0. The first-order chi connectivity index (χ1) is 8.18. The first-order valence-corrected chi connectivity index (χ1v) is 6.26. The van der Waals surface area contributed by atoms with Gasteiger partial charge < -0.3 is 16.4 Å². The van der Waals surface area contributed by atoms with Crippen LogP contribution < -0.4 is 16.4 Å². The average Bonchev–Trinajstić information content (AvgIpc) is 2.29. The fourth-order valence-corrected chi connectivity index (χ4v) is 1.87. The van der Waals surface area contributed by atoms with Gasteiger partial charge in [0.1, 0.15) is 5.54 Å². The molecule has 1 aliphatic rings.